The van der Waals surface area contributed by atoms with E-state index in [1.807, 2.05) is 30.3 Å². The maximum atomic E-state index is 12.1. The van der Waals surface area contributed by atoms with Crippen molar-refractivity contribution in [3.05, 3.63) is 59.7 Å². The number of fused-ring (bicyclic) bond motifs is 1. The monoisotopic (exact) mass is 282 g/mol. The van der Waals surface area contributed by atoms with E-state index in [1.54, 1.807) is 18.2 Å². The Bertz CT molecular complexity index is 683. The first kappa shape index (κ1) is 13.2. The van der Waals surface area contributed by atoms with Gasteiger partial charge in [0, 0.05) is 12.1 Å². The second-order valence-electron chi connectivity index (χ2n) is 4.72. The minimum atomic E-state index is -0.218. The van der Waals surface area contributed by atoms with Crippen LogP contribution in [0.1, 0.15) is 15.9 Å². The van der Waals surface area contributed by atoms with Gasteiger partial charge in [0.15, 0.2) is 6.61 Å². The van der Waals surface area contributed by atoms with E-state index in [0.717, 1.165) is 5.56 Å². The molecule has 5 heteroatoms. The number of benzene rings is 2. The van der Waals surface area contributed by atoms with Crippen molar-refractivity contribution in [2.45, 2.75) is 6.54 Å². The smallest absolute Gasteiger partial charge is 0.262 e. The number of hydrogen-bond donors (Lipinski definition) is 2. The largest absolute Gasteiger partial charge is 0.482 e. The third-order valence-corrected chi connectivity index (χ3v) is 3.17. The van der Waals surface area contributed by atoms with Crippen molar-refractivity contribution < 1.29 is 14.3 Å². The Hall–Kier alpha value is -2.82. The molecular formula is C16H14N2O3. The third kappa shape index (κ3) is 3.02. The Labute approximate surface area is 121 Å². The topological polar surface area (TPSA) is 67.4 Å². The molecule has 0 spiro atoms. The molecule has 0 bridgehead atoms. The SMILES string of the molecule is O=C1COc2ccc(C(=O)NCc3ccccc3)cc2N1. The zero-order valence-corrected chi connectivity index (χ0v) is 11.3. The minimum absolute atomic E-state index is 0.00650. The molecular weight excluding hydrogens is 268 g/mol. The average molecular weight is 282 g/mol. The molecule has 5 nitrogen and oxygen atoms in total. The van der Waals surface area contributed by atoms with Crippen molar-refractivity contribution in [3.63, 3.8) is 0 Å². The van der Waals surface area contributed by atoms with E-state index >= 15 is 0 Å². The number of rotatable bonds is 3. The molecule has 1 aliphatic heterocycles. The van der Waals surface area contributed by atoms with Gasteiger partial charge in [-0.05, 0) is 23.8 Å². The molecule has 0 aliphatic carbocycles. The Morgan fingerprint density at radius 2 is 2.00 bits per heavy atom. The molecule has 0 radical (unpaired) electrons. The van der Waals surface area contributed by atoms with Crippen LogP contribution in [0.2, 0.25) is 0 Å². The summed E-state index contributed by atoms with van der Waals surface area (Å²) in [5.41, 5.74) is 2.04. The molecule has 0 atom stereocenters. The fraction of sp³-hybridized carbons (Fsp3) is 0.125. The third-order valence-electron chi connectivity index (χ3n) is 3.17. The number of carbonyl (C=O) groups excluding carboxylic acids is 2. The summed E-state index contributed by atoms with van der Waals surface area (Å²) in [6.45, 7) is 0.464. The van der Waals surface area contributed by atoms with Crippen LogP contribution >= 0.6 is 0 Å². The Balaban J connectivity index is 1.70. The fourth-order valence-corrected chi connectivity index (χ4v) is 2.10. The number of nitrogens with one attached hydrogen (secondary N) is 2. The average Bonchev–Trinajstić information content (AvgIpc) is 2.53. The van der Waals surface area contributed by atoms with Crippen molar-refractivity contribution in [2.75, 3.05) is 11.9 Å². The summed E-state index contributed by atoms with van der Waals surface area (Å²) in [5, 5.41) is 5.53. The molecule has 106 valence electrons. The van der Waals surface area contributed by atoms with Crippen LogP contribution < -0.4 is 15.4 Å². The van der Waals surface area contributed by atoms with Crippen LogP contribution in [0.15, 0.2) is 48.5 Å². The Morgan fingerprint density at radius 1 is 1.19 bits per heavy atom. The quantitative estimate of drug-likeness (QED) is 0.904. The predicted molar refractivity (Wildman–Crippen MR) is 78.2 cm³/mol. The standard InChI is InChI=1S/C16H14N2O3/c19-15-10-21-14-7-6-12(8-13(14)18-15)16(20)17-9-11-4-2-1-3-5-11/h1-8H,9-10H2,(H,17,20)(H,18,19). The molecule has 0 saturated heterocycles. The van der Waals surface area contributed by atoms with Crippen molar-refractivity contribution in [1.29, 1.82) is 0 Å². The molecule has 0 saturated carbocycles. The molecule has 21 heavy (non-hydrogen) atoms. The van der Waals surface area contributed by atoms with Crippen molar-refractivity contribution in [2.24, 2.45) is 0 Å². The molecule has 1 aliphatic rings. The van der Waals surface area contributed by atoms with E-state index < -0.39 is 0 Å². The van der Waals surface area contributed by atoms with Gasteiger partial charge >= 0.3 is 0 Å². The Morgan fingerprint density at radius 3 is 2.81 bits per heavy atom. The molecule has 0 aromatic heterocycles. The van der Waals surface area contributed by atoms with Crippen LogP contribution in [0.3, 0.4) is 0 Å². The zero-order chi connectivity index (χ0) is 14.7. The summed E-state index contributed by atoms with van der Waals surface area (Å²) < 4.78 is 5.26. The highest BCUT2D eigenvalue weighted by Crippen LogP contribution is 2.28. The molecule has 3 rings (SSSR count). The van der Waals surface area contributed by atoms with Gasteiger partial charge in [0.25, 0.3) is 11.8 Å². The van der Waals surface area contributed by atoms with Crippen LogP contribution in [0.5, 0.6) is 5.75 Å². The summed E-state index contributed by atoms with van der Waals surface area (Å²) >= 11 is 0. The maximum absolute atomic E-state index is 12.1. The normalized spacial score (nSPS) is 12.9. The summed E-state index contributed by atoms with van der Waals surface area (Å²) in [7, 11) is 0. The summed E-state index contributed by atoms with van der Waals surface area (Å²) in [6, 6.07) is 14.6. The van der Waals surface area contributed by atoms with Gasteiger partial charge < -0.3 is 15.4 Å². The van der Waals surface area contributed by atoms with Gasteiger partial charge in [0.2, 0.25) is 0 Å². The first-order chi connectivity index (χ1) is 10.2. The number of amides is 2. The van der Waals surface area contributed by atoms with Gasteiger partial charge in [-0.2, -0.15) is 0 Å². The molecule has 2 N–H and O–H groups in total. The van der Waals surface area contributed by atoms with Gasteiger partial charge in [0.1, 0.15) is 5.75 Å². The lowest BCUT2D eigenvalue weighted by atomic mass is 10.1. The number of hydrogen-bond acceptors (Lipinski definition) is 3. The van der Waals surface area contributed by atoms with E-state index in [-0.39, 0.29) is 18.4 Å². The van der Waals surface area contributed by atoms with Gasteiger partial charge in [-0.15, -0.1) is 0 Å². The second-order valence-corrected chi connectivity index (χ2v) is 4.72. The van der Waals surface area contributed by atoms with E-state index in [2.05, 4.69) is 10.6 Å². The molecule has 0 fully saturated rings. The van der Waals surface area contributed by atoms with Gasteiger partial charge in [-0.3, -0.25) is 9.59 Å². The van der Waals surface area contributed by atoms with Crippen LogP contribution in [0.25, 0.3) is 0 Å². The highest BCUT2D eigenvalue weighted by molar-refractivity contribution is 5.99. The molecule has 2 amide bonds. The molecule has 2 aromatic carbocycles. The summed E-state index contributed by atoms with van der Waals surface area (Å²) in [5.74, 6) is 0.167. The summed E-state index contributed by atoms with van der Waals surface area (Å²) in [6.07, 6.45) is 0. The van der Waals surface area contributed by atoms with Crippen molar-refractivity contribution >= 4 is 17.5 Å². The van der Waals surface area contributed by atoms with Crippen molar-refractivity contribution in [3.8, 4) is 5.75 Å². The van der Waals surface area contributed by atoms with Gasteiger partial charge in [-0.1, -0.05) is 30.3 Å². The van der Waals surface area contributed by atoms with Crippen LogP contribution in [0.4, 0.5) is 5.69 Å². The van der Waals surface area contributed by atoms with Crippen LogP contribution in [-0.2, 0) is 11.3 Å². The van der Waals surface area contributed by atoms with Crippen LogP contribution in [0, 0.1) is 0 Å². The summed E-state index contributed by atoms with van der Waals surface area (Å²) in [4.78, 5) is 23.4. The highest BCUT2D eigenvalue weighted by atomic mass is 16.5. The highest BCUT2D eigenvalue weighted by Gasteiger charge is 2.17. The first-order valence-corrected chi connectivity index (χ1v) is 6.61. The van der Waals surface area contributed by atoms with E-state index in [4.69, 9.17) is 4.74 Å². The lowest BCUT2D eigenvalue weighted by Gasteiger charge is -2.18. The predicted octanol–water partition coefficient (Wildman–Crippen LogP) is 1.95. The second kappa shape index (κ2) is 5.66. The van der Waals surface area contributed by atoms with Gasteiger partial charge in [-0.25, -0.2) is 0 Å². The molecule has 2 aromatic rings. The number of anilines is 1. The number of ether oxygens (including phenoxy) is 1. The maximum Gasteiger partial charge on any atom is 0.262 e. The van der Waals surface area contributed by atoms with Crippen molar-refractivity contribution in [1.82, 2.24) is 5.32 Å². The van der Waals surface area contributed by atoms with E-state index in [0.29, 0.717) is 23.5 Å². The van der Waals surface area contributed by atoms with Gasteiger partial charge in [0.05, 0.1) is 5.69 Å². The zero-order valence-electron chi connectivity index (χ0n) is 11.3. The lowest BCUT2D eigenvalue weighted by molar-refractivity contribution is -0.118. The lowest BCUT2D eigenvalue weighted by Crippen LogP contribution is -2.27. The van der Waals surface area contributed by atoms with E-state index in [1.165, 1.54) is 0 Å². The Kier molecular flexibility index (Phi) is 3.55. The first-order valence-electron chi connectivity index (χ1n) is 6.61. The van der Waals surface area contributed by atoms with Crippen LogP contribution in [-0.4, -0.2) is 18.4 Å². The fourth-order valence-electron chi connectivity index (χ4n) is 2.10. The molecule has 1 heterocycles. The van der Waals surface area contributed by atoms with E-state index in [9.17, 15) is 9.59 Å². The minimum Gasteiger partial charge on any atom is -0.482 e. The number of carbonyl (C=O) groups is 2. The molecule has 0 unspecified atom stereocenters.